The van der Waals surface area contributed by atoms with E-state index in [0.717, 1.165) is 16.5 Å². The lowest BCUT2D eigenvalue weighted by Crippen LogP contribution is -2.27. The number of hydrogen-bond acceptors (Lipinski definition) is 5. The van der Waals surface area contributed by atoms with Crippen LogP contribution in [0.15, 0.2) is 62.6 Å². The summed E-state index contributed by atoms with van der Waals surface area (Å²) in [4.78, 5) is 12.1. The fourth-order valence-corrected chi connectivity index (χ4v) is 3.65. The largest absolute Gasteiger partial charge is 0.411 e. The van der Waals surface area contributed by atoms with Crippen molar-refractivity contribution in [3.05, 3.63) is 64.1 Å². The van der Waals surface area contributed by atoms with Crippen LogP contribution in [0.1, 0.15) is 30.9 Å². The Morgan fingerprint density at radius 2 is 1.89 bits per heavy atom. The summed E-state index contributed by atoms with van der Waals surface area (Å²) in [5.74, 6) is 1.15. The van der Waals surface area contributed by atoms with E-state index < -0.39 is 0 Å². The van der Waals surface area contributed by atoms with Crippen molar-refractivity contribution in [2.75, 3.05) is 12.3 Å². The number of nitrogens with one attached hydrogen (secondary N) is 1. The van der Waals surface area contributed by atoms with Crippen molar-refractivity contribution < 1.29 is 9.21 Å². The summed E-state index contributed by atoms with van der Waals surface area (Å²) in [7, 11) is 0. The van der Waals surface area contributed by atoms with Crippen LogP contribution in [0.5, 0.6) is 0 Å². The lowest BCUT2D eigenvalue weighted by atomic mass is 10.0. The number of nitrogens with zero attached hydrogens (tertiary/aromatic N) is 2. The Morgan fingerprint density at radius 3 is 2.61 bits per heavy atom. The number of carbonyl (C=O) groups excluding carboxylic acids is 1. The van der Waals surface area contributed by atoms with E-state index in [4.69, 9.17) is 4.42 Å². The minimum absolute atomic E-state index is 0.0514. The van der Waals surface area contributed by atoms with Gasteiger partial charge in [-0.05, 0) is 51.5 Å². The summed E-state index contributed by atoms with van der Waals surface area (Å²) >= 11 is 4.70. The second kappa shape index (κ2) is 9.89. The number of aromatic nitrogens is 2. The second-order valence-electron chi connectivity index (χ2n) is 6.64. The van der Waals surface area contributed by atoms with E-state index in [1.807, 2.05) is 24.3 Å². The molecule has 1 N–H and O–H groups in total. The van der Waals surface area contributed by atoms with Gasteiger partial charge in [0.1, 0.15) is 0 Å². The molecule has 0 fully saturated rings. The molecule has 3 aromatic rings. The lowest BCUT2D eigenvalue weighted by Gasteiger charge is -2.07. The van der Waals surface area contributed by atoms with E-state index in [-0.39, 0.29) is 11.7 Å². The lowest BCUT2D eigenvalue weighted by molar-refractivity contribution is -0.118. The maximum atomic E-state index is 12.1. The quantitative estimate of drug-likeness (QED) is 0.476. The Hall–Kier alpha value is -2.12. The van der Waals surface area contributed by atoms with Crippen LogP contribution in [-0.2, 0) is 11.2 Å². The maximum absolute atomic E-state index is 12.1. The van der Waals surface area contributed by atoms with E-state index in [1.54, 1.807) is 0 Å². The van der Waals surface area contributed by atoms with Gasteiger partial charge >= 0.3 is 0 Å². The zero-order valence-electron chi connectivity index (χ0n) is 15.8. The standard InChI is InChI=1S/C21H22BrN3O2S/c1-14(2)16-9-7-15(8-10-16)11-12-23-19(26)13-28-21-25-24-20(27-21)17-5-3-4-6-18(17)22/h3-10,14H,11-13H2,1-2H3,(H,23,26). The molecular formula is C21H22BrN3O2S. The van der Waals surface area contributed by atoms with Gasteiger partial charge in [0, 0.05) is 11.0 Å². The zero-order valence-corrected chi connectivity index (χ0v) is 18.2. The molecule has 0 saturated heterocycles. The van der Waals surface area contributed by atoms with E-state index in [0.29, 0.717) is 23.6 Å². The smallest absolute Gasteiger partial charge is 0.277 e. The average molecular weight is 460 g/mol. The van der Waals surface area contributed by atoms with E-state index >= 15 is 0 Å². The van der Waals surface area contributed by atoms with Gasteiger partial charge in [-0.3, -0.25) is 4.79 Å². The summed E-state index contributed by atoms with van der Waals surface area (Å²) in [5, 5.41) is 11.4. The molecule has 0 spiro atoms. The van der Waals surface area contributed by atoms with Crippen LogP contribution in [0.25, 0.3) is 11.5 Å². The van der Waals surface area contributed by atoms with Crippen molar-refractivity contribution in [1.29, 1.82) is 0 Å². The zero-order chi connectivity index (χ0) is 19.9. The molecule has 1 amide bonds. The van der Waals surface area contributed by atoms with Gasteiger partial charge in [0.25, 0.3) is 5.22 Å². The maximum Gasteiger partial charge on any atom is 0.277 e. The molecule has 0 aliphatic rings. The van der Waals surface area contributed by atoms with Gasteiger partial charge in [0.15, 0.2) is 0 Å². The first-order valence-electron chi connectivity index (χ1n) is 9.09. The number of amides is 1. The van der Waals surface area contributed by atoms with Crippen LogP contribution in [-0.4, -0.2) is 28.4 Å². The SMILES string of the molecule is CC(C)c1ccc(CCNC(=O)CSc2nnc(-c3ccccc3Br)o2)cc1. The predicted molar refractivity (Wildman–Crippen MR) is 115 cm³/mol. The molecule has 0 unspecified atom stereocenters. The van der Waals surface area contributed by atoms with Crippen LogP contribution in [0.3, 0.4) is 0 Å². The number of rotatable bonds is 8. The van der Waals surface area contributed by atoms with Gasteiger partial charge in [-0.1, -0.05) is 62.0 Å². The molecule has 0 saturated carbocycles. The van der Waals surface area contributed by atoms with Gasteiger partial charge in [-0.2, -0.15) is 0 Å². The summed E-state index contributed by atoms with van der Waals surface area (Å²) in [6.45, 7) is 4.96. The summed E-state index contributed by atoms with van der Waals surface area (Å²) in [6.07, 6.45) is 0.807. The highest BCUT2D eigenvalue weighted by atomic mass is 79.9. The van der Waals surface area contributed by atoms with Crippen LogP contribution >= 0.6 is 27.7 Å². The minimum atomic E-state index is -0.0514. The first-order chi connectivity index (χ1) is 13.5. The number of halogens is 1. The third kappa shape index (κ3) is 5.69. The molecule has 2 aromatic carbocycles. The summed E-state index contributed by atoms with van der Waals surface area (Å²) < 4.78 is 6.52. The molecule has 0 atom stereocenters. The predicted octanol–water partition coefficient (Wildman–Crippen LogP) is 5.07. The minimum Gasteiger partial charge on any atom is -0.411 e. The molecule has 0 bridgehead atoms. The molecule has 0 aliphatic carbocycles. The molecule has 1 heterocycles. The van der Waals surface area contributed by atoms with Crippen molar-refractivity contribution >= 4 is 33.6 Å². The highest BCUT2D eigenvalue weighted by Crippen LogP contribution is 2.28. The van der Waals surface area contributed by atoms with Crippen molar-refractivity contribution in [2.24, 2.45) is 0 Å². The summed E-state index contributed by atoms with van der Waals surface area (Å²) in [6, 6.07) is 16.2. The Labute approximate surface area is 177 Å². The highest BCUT2D eigenvalue weighted by Gasteiger charge is 2.13. The second-order valence-corrected chi connectivity index (χ2v) is 8.42. The van der Waals surface area contributed by atoms with Gasteiger partial charge in [0.2, 0.25) is 11.8 Å². The number of carbonyl (C=O) groups is 1. The Bertz CT molecular complexity index is 925. The van der Waals surface area contributed by atoms with Crippen molar-refractivity contribution in [3.8, 4) is 11.5 Å². The fraction of sp³-hybridized carbons (Fsp3) is 0.286. The third-order valence-electron chi connectivity index (χ3n) is 4.22. The van der Waals surface area contributed by atoms with Gasteiger partial charge < -0.3 is 9.73 Å². The van der Waals surface area contributed by atoms with Gasteiger partial charge in [-0.25, -0.2) is 0 Å². The van der Waals surface area contributed by atoms with Gasteiger partial charge in [-0.15, -0.1) is 10.2 Å². The molecule has 0 radical (unpaired) electrons. The van der Waals surface area contributed by atoms with Crippen LogP contribution in [0, 0.1) is 0 Å². The van der Waals surface area contributed by atoms with Crippen LogP contribution < -0.4 is 5.32 Å². The first-order valence-corrected chi connectivity index (χ1v) is 10.9. The van der Waals surface area contributed by atoms with Gasteiger partial charge in [0.05, 0.1) is 11.3 Å². The number of thioether (sulfide) groups is 1. The molecule has 0 aliphatic heterocycles. The molecule has 7 heteroatoms. The van der Waals surface area contributed by atoms with Crippen molar-refractivity contribution in [3.63, 3.8) is 0 Å². The third-order valence-corrected chi connectivity index (χ3v) is 5.73. The van der Waals surface area contributed by atoms with Crippen LogP contribution in [0.2, 0.25) is 0 Å². The summed E-state index contributed by atoms with van der Waals surface area (Å²) in [5.41, 5.74) is 3.37. The number of benzene rings is 2. The topological polar surface area (TPSA) is 68.0 Å². The highest BCUT2D eigenvalue weighted by molar-refractivity contribution is 9.10. The Balaban J connectivity index is 1.43. The van der Waals surface area contributed by atoms with E-state index in [2.05, 4.69) is 69.6 Å². The molecule has 28 heavy (non-hydrogen) atoms. The van der Waals surface area contributed by atoms with E-state index in [1.165, 1.54) is 22.9 Å². The van der Waals surface area contributed by atoms with Crippen molar-refractivity contribution in [1.82, 2.24) is 15.5 Å². The first kappa shape index (κ1) is 20.6. The van der Waals surface area contributed by atoms with E-state index in [9.17, 15) is 4.79 Å². The molecule has 1 aromatic heterocycles. The van der Waals surface area contributed by atoms with Crippen molar-refractivity contribution in [2.45, 2.75) is 31.4 Å². The normalized spacial score (nSPS) is 11.0. The molecule has 5 nitrogen and oxygen atoms in total. The molecular weight excluding hydrogens is 438 g/mol. The van der Waals surface area contributed by atoms with Crippen LogP contribution in [0.4, 0.5) is 0 Å². The number of hydrogen-bond donors (Lipinski definition) is 1. The molecule has 146 valence electrons. The molecule has 3 rings (SSSR count). The average Bonchev–Trinajstić information content (AvgIpc) is 3.16. The Morgan fingerprint density at radius 1 is 1.14 bits per heavy atom. The Kier molecular flexibility index (Phi) is 7.28. The monoisotopic (exact) mass is 459 g/mol. The fourth-order valence-electron chi connectivity index (χ4n) is 2.61.